The third-order valence-corrected chi connectivity index (χ3v) is 11.0. The van der Waals surface area contributed by atoms with Gasteiger partial charge in [-0.15, -0.1) is 0 Å². The van der Waals surface area contributed by atoms with Gasteiger partial charge in [-0.2, -0.15) is 0 Å². The van der Waals surface area contributed by atoms with Crippen molar-refractivity contribution in [3.05, 3.63) is 113 Å². The molecule has 54 heavy (non-hydrogen) atoms. The maximum Gasteiger partial charge on any atom is 0.320 e. The van der Waals surface area contributed by atoms with E-state index in [9.17, 15) is 24.3 Å². The molecule has 0 unspecified atom stereocenters. The number of benzene rings is 3. The number of pyridine rings is 1. The van der Waals surface area contributed by atoms with E-state index in [4.69, 9.17) is 0 Å². The van der Waals surface area contributed by atoms with Gasteiger partial charge in [-0.3, -0.25) is 29.1 Å². The van der Waals surface area contributed by atoms with Crippen molar-refractivity contribution in [3.8, 4) is 11.3 Å². The summed E-state index contributed by atoms with van der Waals surface area (Å²) < 4.78 is 0. The van der Waals surface area contributed by atoms with E-state index < -0.39 is 12.0 Å². The summed E-state index contributed by atoms with van der Waals surface area (Å²) >= 11 is 0. The molecule has 1 aliphatic carbocycles. The topological polar surface area (TPSA) is 135 Å². The fourth-order valence-electron chi connectivity index (χ4n) is 8.03. The van der Waals surface area contributed by atoms with Crippen molar-refractivity contribution in [2.75, 3.05) is 50.0 Å². The summed E-state index contributed by atoms with van der Waals surface area (Å²) in [6, 6.07) is 23.7. The molecule has 3 amide bonds. The first-order valence-electron chi connectivity index (χ1n) is 19.1. The highest BCUT2D eigenvalue weighted by atomic mass is 16.4. The highest BCUT2D eigenvalue weighted by Crippen LogP contribution is 2.34. The predicted octanol–water partition coefficient (Wildman–Crippen LogP) is 6.42. The number of hydrogen-bond acceptors (Lipinski definition) is 7. The van der Waals surface area contributed by atoms with E-state index in [-0.39, 0.29) is 23.8 Å². The van der Waals surface area contributed by atoms with Crippen LogP contribution in [0.25, 0.3) is 11.3 Å². The molecule has 11 heteroatoms. The predicted molar refractivity (Wildman–Crippen MR) is 209 cm³/mol. The van der Waals surface area contributed by atoms with E-state index in [2.05, 4.69) is 32.7 Å². The summed E-state index contributed by atoms with van der Waals surface area (Å²) in [6.07, 6.45) is 9.38. The van der Waals surface area contributed by atoms with Crippen LogP contribution >= 0.6 is 0 Å². The van der Waals surface area contributed by atoms with Crippen molar-refractivity contribution in [1.29, 1.82) is 0 Å². The molecule has 0 radical (unpaired) electrons. The first kappa shape index (κ1) is 36.8. The number of nitrogens with one attached hydrogen (secondary N) is 2. The summed E-state index contributed by atoms with van der Waals surface area (Å²) in [6.45, 7) is 3.40. The van der Waals surface area contributed by atoms with Crippen LogP contribution in [-0.2, 0) is 11.2 Å². The summed E-state index contributed by atoms with van der Waals surface area (Å²) in [7, 11) is 1.69. The number of carbonyl (C=O) groups excluding carboxylic acids is 3. The zero-order valence-corrected chi connectivity index (χ0v) is 30.8. The Balaban J connectivity index is 1.10. The molecule has 3 aromatic carbocycles. The number of rotatable bonds is 11. The van der Waals surface area contributed by atoms with Crippen molar-refractivity contribution in [2.45, 2.75) is 63.5 Å². The standard InChI is InChI=1S/C43H48N6O5/c1-47(24-25-49-23-9-16-39(49)43(53)54)42(52)32-13-7-12-30(26-32)40(50)46-37-18-17-33(48-21-5-2-6-22-48)28-35(37)38-27-31(19-20-44-38)41(51)45-36-15-8-11-29-10-3-4-14-34(29)36/h3-4,7,10,12-14,17-20,26-28,36,39H,2,5-6,8-9,11,15-16,21-25H2,1H3,(H,45,51)(H,46,50)(H,53,54)/t36-,39-/m0/s1. The number of aromatic nitrogens is 1. The lowest BCUT2D eigenvalue weighted by Crippen LogP contribution is -2.41. The molecular formula is C43H48N6O5. The number of aliphatic carboxylic acids is 1. The Labute approximate surface area is 316 Å². The molecule has 2 aliphatic heterocycles. The fourth-order valence-corrected chi connectivity index (χ4v) is 8.03. The summed E-state index contributed by atoms with van der Waals surface area (Å²) in [5, 5.41) is 15.8. The molecule has 1 aromatic heterocycles. The lowest BCUT2D eigenvalue weighted by Gasteiger charge is -2.29. The molecule has 3 aliphatic rings. The highest BCUT2D eigenvalue weighted by molar-refractivity contribution is 6.08. The third kappa shape index (κ3) is 8.31. The van der Waals surface area contributed by atoms with Crippen molar-refractivity contribution in [1.82, 2.24) is 20.1 Å². The van der Waals surface area contributed by atoms with Crippen molar-refractivity contribution in [3.63, 3.8) is 0 Å². The molecule has 0 saturated carbocycles. The number of carboxylic acids is 1. The minimum absolute atomic E-state index is 0.0619. The SMILES string of the molecule is CN(CCN1CCC[C@H]1C(=O)O)C(=O)c1cccc(C(=O)Nc2ccc(N3CCCCC3)cc2-c2cc(C(=O)N[C@H]3CCCc4ccccc43)ccn2)c1. The molecule has 3 N–H and O–H groups in total. The van der Waals surface area contributed by atoms with Gasteiger partial charge in [0.1, 0.15) is 6.04 Å². The maximum absolute atomic E-state index is 13.8. The molecule has 0 bridgehead atoms. The smallest absolute Gasteiger partial charge is 0.320 e. The lowest BCUT2D eigenvalue weighted by atomic mass is 9.87. The fraction of sp³-hybridized carbons (Fsp3) is 0.372. The normalized spacial score (nSPS) is 18.4. The first-order valence-corrected chi connectivity index (χ1v) is 19.1. The Morgan fingerprint density at radius 2 is 1.61 bits per heavy atom. The molecule has 3 heterocycles. The van der Waals surface area contributed by atoms with E-state index in [1.165, 1.54) is 17.5 Å². The van der Waals surface area contributed by atoms with Gasteiger partial charge in [0.15, 0.2) is 0 Å². The van der Waals surface area contributed by atoms with Crippen LogP contribution in [0, 0.1) is 0 Å². The molecule has 2 atom stereocenters. The van der Waals surface area contributed by atoms with Crippen LogP contribution in [0.4, 0.5) is 11.4 Å². The van der Waals surface area contributed by atoms with Crippen molar-refractivity contribution < 1.29 is 24.3 Å². The molecule has 4 aromatic rings. The van der Waals surface area contributed by atoms with Gasteiger partial charge in [-0.05, 0) is 118 Å². The Hall–Kier alpha value is -5.55. The Morgan fingerprint density at radius 3 is 2.44 bits per heavy atom. The quantitative estimate of drug-likeness (QED) is 0.161. The number of piperidine rings is 1. The number of anilines is 2. The van der Waals surface area contributed by atoms with Gasteiger partial charge in [0, 0.05) is 67.4 Å². The van der Waals surface area contributed by atoms with E-state index in [0.717, 1.165) is 57.3 Å². The van der Waals surface area contributed by atoms with Gasteiger partial charge < -0.3 is 25.5 Å². The van der Waals surface area contributed by atoms with Crippen LogP contribution in [0.2, 0.25) is 0 Å². The molecule has 2 fully saturated rings. The van der Waals surface area contributed by atoms with Gasteiger partial charge in [0.25, 0.3) is 17.7 Å². The second-order valence-corrected chi connectivity index (χ2v) is 14.6. The zero-order valence-electron chi connectivity index (χ0n) is 30.8. The number of likely N-dealkylation sites (N-methyl/N-ethyl adjacent to an activating group) is 1. The summed E-state index contributed by atoms with van der Waals surface area (Å²) in [5.41, 5.74) is 6.43. The number of nitrogens with zero attached hydrogens (tertiary/aromatic N) is 4. The van der Waals surface area contributed by atoms with E-state index in [1.807, 2.05) is 35.2 Å². The average Bonchev–Trinajstić information content (AvgIpc) is 3.70. The molecule has 280 valence electrons. The second-order valence-electron chi connectivity index (χ2n) is 14.6. The van der Waals surface area contributed by atoms with Gasteiger partial charge in [0.2, 0.25) is 0 Å². The number of hydrogen-bond donors (Lipinski definition) is 3. The second kappa shape index (κ2) is 16.6. The largest absolute Gasteiger partial charge is 0.480 e. The number of carbonyl (C=O) groups is 4. The average molecular weight is 729 g/mol. The number of likely N-dealkylation sites (tertiary alicyclic amines) is 1. The van der Waals surface area contributed by atoms with Gasteiger partial charge in [-0.1, -0.05) is 30.3 Å². The number of carboxylic acid groups (broad SMARTS) is 1. The first-order chi connectivity index (χ1) is 26.2. The lowest BCUT2D eigenvalue weighted by molar-refractivity contribution is -0.142. The molecular weight excluding hydrogens is 681 g/mol. The molecule has 0 spiro atoms. The van der Waals surface area contributed by atoms with E-state index >= 15 is 0 Å². The van der Waals surface area contributed by atoms with E-state index in [0.29, 0.717) is 59.7 Å². The summed E-state index contributed by atoms with van der Waals surface area (Å²) in [5.74, 6) is -1.64. The molecule has 7 rings (SSSR count). The van der Waals surface area contributed by atoms with Crippen LogP contribution in [0.3, 0.4) is 0 Å². The van der Waals surface area contributed by atoms with Crippen LogP contribution in [0.1, 0.15) is 93.2 Å². The molecule has 11 nitrogen and oxygen atoms in total. The third-order valence-electron chi connectivity index (χ3n) is 11.0. The number of fused-ring (bicyclic) bond motifs is 1. The van der Waals surface area contributed by atoms with Gasteiger partial charge in [0.05, 0.1) is 17.4 Å². The Kier molecular flexibility index (Phi) is 11.3. The summed E-state index contributed by atoms with van der Waals surface area (Å²) in [4.78, 5) is 63.0. The Morgan fingerprint density at radius 1 is 0.815 bits per heavy atom. The zero-order chi connectivity index (χ0) is 37.6. The van der Waals surface area contributed by atoms with Crippen molar-refractivity contribution >= 4 is 35.1 Å². The monoisotopic (exact) mass is 728 g/mol. The molecule has 2 saturated heterocycles. The maximum atomic E-state index is 13.8. The van der Waals surface area contributed by atoms with Crippen molar-refractivity contribution in [2.24, 2.45) is 0 Å². The van der Waals surface area contributed by atoms with Crippen LogP contribution in [0.15, 0.2) is 85.1 Å². The minimum Gasteiger partial charge on any atom is -0.480 e. The van der Waals surface area contributed by atoms with Crippen LogP contribution < -0.4 is 15.5 Å². The van der Waals surface area contributed by atoms with Gasteiger partial charge >= 0.3 is 5.97 Å². The number of amides is 3. The van der Waals surface area contributed by atoms with E-state index in [1.54, 1.807) is 54.5 Å². The van der Waals surface area contributed by atoms with Gasteiger partial charge in [-0.25, -0.2) is 0 Å². The number of aryl methyl sites for hydroxylation is 1. The van der Waals surface area contributed by atoms with Crippen LogP contribution in [-0.4, -0.2) is 89.4 Å². The van der Waals surface area contributed by atoms with Crippen LogP contribution in [0.5, 0.6) is 0 Å². The Bertz CT molecular complexity index is 2030. The minimum atomic E-state index is -0.834. The highest BCUT2D eigenvalue weighted by Gasteiger charge is 2.30.